The van der Waals surface area contributed by atoms with E-state index >= 15 is 0 Å². The SMILES string of the molecule is CCCCCCc1ccccc1C(=S)N(N)c1cccc(CCCCCc2ccccc2)c1. The van der Waals surface area contributed by atoms with E-state index in [1.165, 1.54) is 61.6 Å². The monoisotopic (exact) mass is 458 g/mol. The normalized spacial score (nSPS) is 10.8. The smallest absolute Gasteiger partial charge is 0.128 e. The van der Waals surface area contributed by atoms with Crippen LogP contribution in [0, 0.1) is 0 Å². The summed E-state index contributed by atoms with van der Waals surface area (Å²) in [6.07, 6.45) is 11.9. The maximum atomic E-state index is 6.52. The quantitative estimate of drug-likeness (QED) is 0.122. The van der Waals surface area contributed by atoms with Gasteiger partial charge in [0, 0.05) is 5.56 Å². The molecule has 174 valence electrons. The van der Waals surface area contributed by atoms with Gasteiger partial charge in [0.05, 0.1) is 5.69 Å². The Labute approximate surface area is 205 Å². The Kier molecular flexibility index (Phi) is 10.6. The lowest BCUT2D eigenvalue weighted by Gasteiger charge is -2.22. The molecule has 0 bridgehead atoms. The number of hydrazine groups is 1. The van der Waals surface area contributed by atoms with Crippen LogP contribution < -0.4 is 10.9 Å². The molecule has 0 heterocycles. The van der Waals surface area contributed by atoms with E-state index in [2.05, 4.69) is 85.8 Å². The van der Waals surface area contributed by atoms with Gasteiger partial charge in [-0.05, 0) is 67.3 Å². The van der Waals surface area contributed by atoms with Crippen LogP contribution in [0.3, 0.4) is 0 Å². The van der Waals surface area contributed by atoms with E-state index in [0.717, 1.165) is 30.5 Å². The summed E-state index contributed by atoms with van der Waals surface area (Å²) in [5.41, 5.74) is 6.08. The highest BCUT2D eigenvalue weighted by Crippen LogP contribution is 2.21. The number of hydrogen-bond acceptors (Lipinski definition) is 2. The van der Waals surface area contributed by atoms with Crippen LogP contribution in [0.1, 0.15) is 74.1 Å². The van der Waals surface area contributed by atoms with E-state index < -0.39 is 0 Å². The van der Waals surface area contributed by atoms with E-state index in [4.69, 9.17) is 18.1 Å². The van der Waals surface area contributed by atoms with Crippen LogP contribution in [0.15, 0.2) is 78.9 Å². The van der Waals surface area contributed by atoms with Gasteiger partial charge in [0.25, 0.3) is 0 Å². The Morgan fingerprint density at radius 1 is 0.697 bits per heavy atom. The van der Waals surface area contributed by atoms with Crippen LogP contribution in [0.2, 0.25) is 0 Å². The predicted octanol–water partition coefficient (Wildman–Crippen LogP) is 7.82. The first-order valence-electron chi connectivity index (χ1n) is 12.5. The van der Waals surface area contributed by atoms with Gasteiger partial charge < -0.3 is 0 Å². The number of anilines is 1. The number of benzene rings is 3. The van der Waals surface area contributed by atoms with E-state index in [-0.39, 0.29) is 0 Å². The summed E-state index contributed by atoms with van der Waals surface area (Å²) < 4.78 is 0. The molecule has 3 aromatic carbocycles. The van der Waals surface area contributed by atoms with E-state index in [1.807, 2.05) is 0 Å². The molecule has 0 aliphatic heterocycles. The second kappa shape index (κ2) is 13.9. The van der Waals surface area contributed by atoms with Crippen LogP contribution in [0.25, 0.3) is 0 Å². The van der Waals surface area contributed by atoms with Crippen LogP contribution in [-0.2, 0) is 19.3 Å². The van der Waals surface area contributed by atoms with Gasteiger partial charge >= 0.3 is 0 Å². The minimum absolute atomic E-state index is 0.695. The van der Waals surface area contributed by atoms with Crippen molar-refractivity contribution >= 4 is 22.9 Å². The van der Waals surface area contributed by atoms with Crippen molar-refractivity contribution in [1.82, 2.24) is 0 Å². The minimum Gasteiger partial charge on any atom is -0.268 e. The topological polar surface area (TPSA) is 29.3 Å². The summed E-state index contributed by atoms with van der Waals surface area (Å²) in [6, 6.07) is 27.7. The molecule has 3 heteroatoms. The van der Waals surface area contributed by atoms with Gasteiger partial charge in [-0.25, -0.2) is 5.84 Å². The molecule has 0 aliphatic carbocycles. The molecule has 0 amide bonds. The molecule has 33 heavy (non-hydrogen) atoms. The maximum Gasteiger partial charge on any atom is 0.128 e. The van der Waals surface area contributed by atoms with Crippen molar-refractivity contribution < 1.29 is 0 Å². The highest BCUT2D eigenvalue weighted by Gasteiger charge is 2.14. The first-order valence-corrected chi connectivity index (χ1v) is 12.9. The summed E-state index contributed by atoms with van der Waals surface area (Å²) in [5, 5.41) is 1.68. The molecule has 0 fully saturated rings. The molecular weight excluding hydrogens is 420 g/mol. The molecule has 0 saturated carbocycles. The van der Waals surface area contributed by atoms with Gasteiger partial charge in [-0.1, -0.05) is 112 Å². The third-order valence-corrected chi connectivity index (χ3v) is 6.65. The van der Waals surface area contributed by atoms with E-state index in [1.54, 1.807) is 5.01 Å². The molecular formula is C30H38N2S. The van der Waals surface area contributed by atoms with Crippen molar-refractivity contribution in [2.45, 2.75) is 71.1 Å². The Balaban J connectivity index is 1.54. The molecule has 2 N–H and O–H groups in total. The fraction of sp³-hybridized carbons (Fsp3) is 0.367. The standard InChI is InChI=1S/C30H38N2S/c1-2-3-4-11-20-27-21-12-13-23-29(27)30(33)32(31)28-22-14-19-26(24-28)18-10-6-9-17-25-15-7-5-8-16-25/h5,7-8,12-16,19,21-24H,2-4,6,9-11,17-18,20,31H2,1H3. The van der Waals surface area contributed by atoms with Crippen molar-refractivity contribution in [2.24, 2.45) is 5.84 Å². The van der Waals surface area contributed by atoms with Crippen LogP contribution >= 0.6 is 12.2 Å². The average molecular weight is 459 g/mol. The van der Waals surface area contributed by atoms with Gasteiger partial charge in [-0.2, -0.15) is 0 Å². The summed E-state index contributed by atoms with van der Waals surface area (Å²) in [6.45, 7) is 2.24. The van der Waals surface area contributed by atoms with Gasteiger partial charge in [-0.3, -0.25) is 5.01 Å². The Hall–Kier alpha value is -2.49. The number of unbranched alkanes of at least 4 members (excludes halogenated alkanes) is 5. The minimum atomic E-state index is 0.695. The van der Waals surface area contributed by atoms with Crippen LogP contribution in [-0.4, -0.2) is 4.99 Å². The van der Waals surface area contributed by atoms with Crippen molar-refractivity contribution in [2.75, 3.05) is 5.01 Å². The lowest BCUT2D eigenvalue weighted by Crippen LogP contribution is -2.37. The van der Waals surface area contributed by atoms with Crippen molar-refractivity contribution in [3.8, 4) is 0 Å². The van der Waals surface area contributed by atoms with Gasteiger partial charge in [0.1, 0.15) is 4.99 Å². The molecule has 3 aromatic rings. The second-order valence-corrected chi connectivity index (χ2v) is 9.25. The van der Waals surface area contributed by atoms with E-state index in [9.17, 15) is 0 Å². The zero-order valence-corrected chi connectivity index (χ0v) is 20.8. The number of rotatable bonds is 13. The zero-order chi connectivity index (χ0) is 23.3. The van der Waals surface area contributed by atoms with Crippen molar-refractivity contribution in [3.05, 3.63) is 101 Å². The zero-order valence-electron chi connectivity index (χ0n) is 20.0. The summed E-state index contributed by atoms with van der Waals surface area (Å²) in [4.78, 5) is 0.695. The summed E-state index contributed by atoms with van der Waals surface area (Å²) in [5.74, 6) is 6.52. The van der Waals surface area contributed by atoms with Crippen LogP contribution in [0.5, 0.6) is 0 Å². The Bertz CT molecular complexity index is 983. The molecule has 0 aliphatic rings. The predicted molar refractivity (Wildman–Crippen MR) is 147 cm³/mol. The van der Waals surface area contributed by atoms with Crippen LogP contribution in [0.4, 0.5) is 5.69 Å². The molecule has 0 saturated heterocycles. The lowest BCUT2D eigenvalue weighted by molar-refractivity contribution is 0.666. The summed E-state index contributed by atoms with van der Waals surface area (Å²) in [7, 11) is 0. The largest absolute Gasteiger partial charge is 0.268 e. The van der Waals surface area contributed by atoms with E-state index in [0.29, 0.717) is 4.99 Å². The van der Waals surface area contributed by atoms with Gasteiger partial charge in [-0.15, -0.1) is 0 Å². The fourth-order valence-corrected chi connectivity index (χ4v) is 4.58. The maximum absolute atomic E-state index is 6.52. The molecule has 0 atom stereocenters. The fourth-order valence-electron chi connectivity index (χ4n) is 4.28. The average Bonchev–Trinajstić information content (AvgIpc) is 2.86. The molecule has 0 unspecified atom stereocenters. The summed E-state index contributed by atoms with van der Waals surface area (Å²) >= 11 is 5.83. The third-order valence-electron chi connectivity index (χ3n) is 6.23. The number of hydrogen-bond donors (Lipinski definition) is 1. The molecule has 2 nitrogen and oxygen atoms in total. The third kappa shape index (κ3) is 8.10. The van der Waals surface area contributed by atoms with Gasteiger partial charge in [0.2, 0.25) is 0 Å². The first-order chi connectivity index (χ1) is 16.2. The molecule has 3 rings (SSSR count). The van der Waals surface area contributed by atoms with Crippen molar-refractivity contribution in [3.63, 3.8) is 0 Å². The van der Waals surface area contributed by atoms with Crippen molar-refractivity contribution in [1.29, 1.82) is 0 Å². The molecule has 0 radical (unpaired) electrons. The highest BCUT2D eigenvalue weighted by molar-refractivity contribution is 7.81. The number of thiocarbonyl (C=S) groups is 1. The number of nitrogens with zero attached hydrogens (tertiary/aromatic N) is 1. The number of nitrogens with two attached hydrogens (primary N) is 1. The highest BCUT2D eigenvalue weighted by atomic mass is 32.1. The van der Waals surface area contributed by atoms with Gasteiger partial charge in [0.15, 0.2) is 0 Å². The first kappa shape index (κ1) is 25.1. The Morgan fingerprint density at radius 3 is 2.12 bits per heavy atom. The second-order valence-electron chi connectivity index (χ2n) is 8.86. The molecule has 0 aromatic heterocycles. The molecule has 0 spiro atoms. The Morgan fingerprint density at radius 2 is 1.33 bits per heavy atom. The number of aryl methyl sites for hydroxylation is 3. The lowest BCUT2D eigenvalue weighted by atomic mass is 10.00.